The predicted octanol–water partition coefficient (Wildman–Crippen LogP) is 5.56. The molecular formula is C39H36F4N4O8. The maximum Gasteiger partial charge on any atom is 0.417 e. The Morgan fingerprint density at radius 1 is 0.927 bits per heavy atom. The molecule has 5 amide bonds. The van der Waals surface area contributed by atoms with Crippen LogP contribution in [0.15, 0.2) is 54.6 Å². The molecule has 2 atom stereocenters. The van der Waals surface area contributed by atoms with Crippen molar-refractivity contribution in [1.82, 2.24) is 15.1 Å². The van der Waals surface area contributed by atoms with Gasteiger partial charge >= 0.3 is 6.18 Å². The highest BCUT2D eigenvalue weighted by atomic mass is 19.4. The van der Waals surface area contributed by atoms with Crippen LogP contribution in [0.5, 0.6) is 17.2 Å². The first kappa shape index (κ1) is 38.7. The number of halogens is 4. The fraction of sp³-hybridized carbons (Fsp3) is 0.385. The molecule has 3 aliphatic rings. The average Bonchev–Trinajstić information content (AvgIpc) is 3.51. The second-order valence-corrected chi connectivity index (χ2v) is 14.1. The molecule has 55 heavy (non-hydrogen) atoms. The summed E-state index contributed by atoms with van der Waals surface area (Å²) < 4.78 is 72.9. The Balaban J connectivity index is 0.960. The molecule has 0 aliphatic carbocycles. The third-order valence-corrected chi connectivity index (χ3v) is 9.65. The molecule has 0 radical (unpaired) electrons. The minimum Gasteiger partial charge on any atom is -0.493 e. The van der Waals surface area contributed by atoms with Gasteiger partial charge in [0.25, 0.3) is 17.7 Å². The minimum atomic E-state index is -4.79. The molecule has 0 bridgehead atoms. The fourth-order valence-electron chi connectivity index (χ4n) is 6.87. The van der Waals surface area contributed by atoms with Gasteiger partial charge in [-0.05, 0) is 62.1 Å². The third kappa shape index (κ3) is 8.10. The van der Waals surface area contributed by atoms with Crippen LogP contribution < -0.4 is 19.5 Å². The standard InChI is InChI=1S/C39H36F4N4O8/c1-38(2)21-46(37(52)33(38)55-25-12-9-22(19-44)27(17-25)39(41,42)43)20-23-10-11-24(18-28(23)40)53-15-4-3-5-16-54-30-8-6-7-26-32(30)36(51)47(35(26)50)29-13-14-31(48)45-34(29)49/h6-12,17-18,29,33H,3-5,13-16,20-21H2,1-2H3,(H,45,48,49). The Morgan fingerprint density at radius 3 is 2.35 bits per heavy atom. The number of amides is 5. The van der Waals surface area contributed by atoms with E-state index in [0.29, 0.717) is 25.3 Å². The molecule has 16 heteroatoms. The van der Waals surface area contributed by atoms with Gasteiger partial charge in [-0.1, -0.05) is 26.0 Å². The first-order valence-electron chi connectivity index (χ1n) is 17.5. The Morgan fingerprint density at radius 2 is 1.65 bits per heavy atom. The molecule has 3 aliphatic heterocycles. The lowest BCUT2D eigenvalue weighted by Crippen LogP contribution is -2.54. The molecule has 0 saturated carbocycles. The van der Waals surface area contributed by atoms with Gasteiger partial charge in [-0.3, -0.25) is 34.2 Å². The Labute approximate surface area is 312 Å². The van der Waals surface area contributed by atoms with Crippen LogP contribution in [-0.4, -0.2) is 71.2 Å². The van der Waals surface area contributed by atoms with Crippen molar-refractivity contribution < 1.29 is 55.7 Å². The fourth-order valence-corrected chi connectivity index (χ4v) is 6.87. The largest absolute Gasteiger partial charge is 0.493 e. The van der Waals surface area contributed by atoms with E-state index in [1.807, 2.05) is 0 Å². The van der Waals surface area contributed by atoms with Crippen LogP contribution in [0.3, 0.4) is 0 Å². The summed E-state index contributed by atoms with van der Waals surface area (Å²) in [6.45, 7) is 3.98. The van der Waals surface area contributed by atoms with Crippen molar-refractivity contribution in [1.29, 1.82) is 5.26 Å². The molecule has 3 aromatic carbocycles. The number of likely N-dealkylation sites (tertiary alicyclic amines) is 1. The summed E-state index contributed by atoms with van der Waals surface area (Å²) in [7, 11) is 0. The van der Waals surface area contributed by atoms with Gasteiger partial charge in [-0.25, -0.2) is 4.39 Å². The number of benzene rings is 3. The number of nitriles is 1. The smallest absolute Gasteiger partial charge is 0.417 e. The molecule has 0 spiro atoms. The van der Waals surface area contributed by atoms with E-state index in [9.17, 15) is 37.1 Å². The molecule has 3 aromatic rings. The molecule has 2 unspecified atom stereocenters. The van der Waals surface area contributed by atoms with Crippen molar-refractivity contribution in [3.63, 3.8) is 0 Å². The van der Waals surface area contributed by atoms with Crippen LogP contribution >= 0.6 is 0 Å². The number of fused-ring (bicyclic) bond motifs is 1. The highest BCUT2D eigenvalue weighted by Gasteiger charge is 2.49. The number of imide groups is 2. The number of carbonyl (C=O) groups excluding carboxylic acids is 5. The molecule has 1 N–H and O–H groups in total. The molecule has 2 saturated heterocycles. The maximum absolute atomic E-state index is 15.2. The summed E-state index contributed by atoms with van der Waals surface area (Å²) in [4.78, 5) is 65.7. The molecule has 6 rings (SSSR count). The van der Waals surface area contributed by atoms with Gasteiger partial charge in [0, 0.05) is 36.6 Å². The van der Waals surface area contributed by atoms with Crippen LogP contribution in [0.25, 0.3) is 0 Å². The molecular weight excluding hydrogens is 728 g/mol. The van der Waals surface area contributed by atoms with Crippen molar-refractivity contribution >= 4 is 29.5 Å². The van der Waals surface area contributed by atoms with E-state index in [0.717, 1.165) is 11.0 Å². The lowest BCUT2D eigenvalue weighted by Gasteiger charge is -2.27. The highest BCUT2D eigenvalue weighted by Crippen LogP contribution is 2.39. The van der Waals surface area contributed by atoms with Gasteiger partial charge in [0.15, 0.2) is 6.10 Å². The Hall–Kier alpha value is -5.98. The van der Waals surface area contributed by atoms with Gasteiger partial charge < -0.3 is 19.1 Å². The molecule has 3 heterocycles. The summed E-state index contributed by atoms with van der Waals surface area (Å²) in [5.74, 6) is -3.29. The number of hydrogen-bond acceptors (Lipinski definition) is 9. The predicted molar refractivity (Wildman–Crippen MR) is 184 cm³/mol. The number of hydrogen-bond donors (Lipinski definition) is 1. The van der Waals surface area contributed by atoms with Gasteiger partial charge in [0.05, 0.1) is 41.5 Å². The zero-order valence-electron chi connectivity index (χ0n) is 29.8. The van der Waals surface area contributed by atoms with E-state index in [1.165, 1.54) is 35.2 Å². The molecule has 288 valence electrons. The Kier molecular flexibility index (Phi) is 10.8. The Bertz CT molecular complexity index is 2100. The summed E-state index contributed by atoms with van der Waals surface area (Å²) >= 11 is 0. The zero-order chi connectivity index (χ0) is 39.7. The summed E-state index contributed by atoms with van der Waals surface area (Å²) in [5, 5.41) is 11.2. The van der Waals surface area contributed by atoms with E-state index < -0.39 is 70.2 Å². The monoisotopic (exact) mass is 764 g/mol. The van der Waals surface area contributed by atoms with Crippen molar-refractivity contribution in [2.45, 2.75) is 70.8 Å². The van der Waals surface area contributed by atoms with E-state index in [1.54, 1.807) is 32.0 Å². The first-order valence-corrected chi connectivity index (χ1v) is 17.5. The van der Waals surface area contributed by atoms with Crippen LogP contribution in [-0.2, 0) is 27.1 Å². The average molecular weight is 765 g/mol. The van der Waals surface area contributed by atoms with Gasteiger partial charge in [0.2, 0.25) is 11.8 Å². The van der Waals surface area contributed by atoms with E-state index in [4.69, 9.17) is 19.5 Å². The van der Waals surface area contributed by atoms with Crippen LogP contribution in [0.4, 0.5) is 17.6 Å². The van der Waals surface area contributed by atoms with Gasteiger partial charge in [-0.2, -0.15) is 18.4 Å². The lowest BCUT2D eigenvalue weighted by atomic mass is 9.89. The normalized spacial score (nSPS) is 19.3. The zero-order valence-corrected chi connectivity index (χ0v) is 29.8. The summed E-state index contributed by atoms with van der Waals surface area (Å²) in [6.07, 6.45) is -4.07. The highest BCUT2D eigenvalue weighted by molar-refractivity contribution is 6.24. The second kappa shape index (κ2) is 15.4. The number of nitrogens with one attached hydrogen (secondary N) is 1. The molecule has 12 nitrogen and oxygen atoms in total. The van der Waals surface area contributed by atoms with Crippen molar-refractivity contribution in [2.24, 2.45) is 5.41 Å². The van der Waals surface area contributed by atoms with E-state index in [-0.39, 0.29) is 73.1 Å². The number of carbonyl (C=O) groups is 5. The number of piperidine rings is 1. The van der Waals surface area contributed by atoms with Gasteiger partial charge in [0.1, 0.15) is 29.1 Å². The number of alkyl halides is 3. The van der Waals surface area contributed by atoms with Crippen molar-refractivity contribution in [3.8, 4) is 23.3 Å². The van der Waals surface area contributed by atoms with Crippen LogP contribution in [0.1, 0.15) is 83.4 Å². The van der Waals surface area contributed by atoms with Crippen LogP contribution in [0.2, 0.25) is 0 Å². The third-order valence-electron chi connectivity index (χ3n) is 9.65. The van der Waals surface area contributed by atoms with E-state index >= 15 is 4.39 Å². The number of ether oxygens (including phenoxy) is 3. The lowest BCUT2D eigenvalue weighted by molar-refractivity contribution is -0.138. The molecule has 2 fully saturated rings. The second-order valence-electron chi connectivity index (χ2n) is 14.1. The topological polar surface area (TPSA) is 155 Å². The van der Waals surface area contributed by atoms with Crippen LogP contribution in [0, 0.1) is 22.6 Å². The SMILES string of the molecule is CC1(C)CN(Cc2ccc(OCCCCCOc3cccc4c3C(=O)N(C3CCC(=O)NC3=O)C4=O)cc2F)C(=O)C1Oc1ccc(C#N)c(C(F)(F)F)c1. The first-order chi connectivity index (χ1) is 26.1. The maximum atomic E-state index is 15.2. The number of rotatable bonds is 13. The minimum absolute atomic E-state index is 0.0145. The molecule has 0 aromatic heterocycles. The summed E-state index contributed by atoms with van der Waals surface area (Å²) in [6, 6.07) is 12.2. The van der Waals surface area contributed by atoms with Gasteiger partial charge in [-0.15, -0.1) is 0 Å². The van der Waals surface area contributed by atoms with E-state index in [2.05, 4.69) is 5.32 Å². The number of unbranched alkanes of at least 4 members (excludes halogenated alkanes) is 2. The van der Waals surface area contributed by atoms with Crippen molar-refractivity contribution in [3.05, 3.63) is 88.2 Å². The summed E-state index contributed by atoms with van der Waals surface area (Å²) in [5.41, 5.74) is -2.16. The quantitative estimate of drug-likeness (QED) is 0.134. The van der Waals surface area contributed by atoms with Crippen molar-refractivity contribution in [2.75, 3.05) is 19.8 Å². The number of nitrogens with zero attached hydrogens (tertiary/aromatic N) is 3.